The molecule has 0 atom stereocenters. The zero-order valence-corrected chi connectivity index (χ0v) is 7.75. The molecular weight excluding hydrogens is 196 g/mol. The molecule has 2 aromatic rings. The van der Waals surface area contributed by atoms with Crippen molar-refractivity contribution in [2.24, 2.45) is 0 Å². The van der Waals surface area contributed by atoms with Crippen molar-refractivity contribution in [2.45, 2.75) is 6.92 Å². The van der Waals surface area contributed by atoms with Crippen molar-refractivity contribution in [3.63, 3.8) is 0 Å². The van der Waals surface area contributed by atoms with Crippen LogP contribution >= 0.6 is 23.8 Å². The second kappa shape index (κ2) is 2.53. The summed E-state index contributed by atoms with van der Waals surface area (Å²) >= 11 is 10.6. The van der Waals surface area contributed by atoms with Gasteiger partial charge in [-0.2, -0.15) is 0 Å². The van der Waals surface area contributed by atoms with Crippen LogP contribution in [0.2, 0.25) is 5.28 Å². The number of hydrogen-bond donors (Lipinski definition) is 2. The van der Waals surface area contributed by atoms with Crippen molar-refractivity contribution in [3.05, 3.63) is 15.7 Å². The summed E-state index contributed by atoms with van der Waals surface area (Å²) in [6, 6.07) is 0. The molecule has 2 rings (SSSR count). The fourth-order valence-electron chi connectivity index (χ4n) is 1.01. The summed E-state index contributed by atoms with van der Waals surface area (Å²) in [5.41, 5.74) is 1.38. The lowest BCUT2D eigenvalue weighted by Gasteiger charge is -1.89. The van der Waals surface area contributed by atoms with Crippen LogP contribution in [0.4, 0.5) is 0 Å². The monoisotopic (exact) mass is 200 g/mol. The SMILES string of the molecule is Cc1nc2[nH]c(Cl)nc(=S)c2[nH]1. The molecule has 0 amide bonds. The van der Waals surface area contributed by atoms with Crippen molar-refractivity contribution >= 4 is 35.0 Å². The van der Waals surface area contributed by atoms with Gasteiger partial charge in [0.15, 0.2) is 10.3 Å². The highest BCUT2D eigenvalue weighted by atomic mass is 35.5. The van der Waals surface area contributed by atoms with E-state index in [4.69, 9.17) is 23.8 Å². The van der Waals surface area contributed by atoms with E-state index in [1.165, 1.54) is 0 Å². The van der Waals surface area contributed by atoms with Gasteiger partial charge in [0.05, 0.1) is 0 Å². The van der Waals surface area contributed by atoms with Crippen molar-refractivity contribution < 1.29 is 0 Å². The summed E-state index contributed by atoms with van der Waals surface area (Å²) < 4.78 is 0.439. The van der Waals surface area contributed by atoms with E-state index >= 15 is 0 Å². The molecule has 12 heavy (non-hydrogen) atoms. The van der Waals surface area contributed by atoms with Gasteiger partial charge in [-0.15, -0.1) is 0 Å². The number of aryl methyl sites for hydroxylation is 1. The van der Waals surface area contributed by atoms with E-state index in [0.29, 0.717) is 10.3 Å². The van der Waals surface area contributed by atoms with Crippen molar-refractivity contribution in [1.29, 1.82) is 0 Å². The Balaban J connectivity index is 2.98. The minimum absolute atomic E-state index is 0.263. The molecular formula is C6H5ClN4S. The maximum absolute atomic E-state index is 5.65. The van der Waals surface area contributed by atoms with E-state index in [9.17, 15) is 0 Å². The van der Waals surface area contributed by atoms with Crippen LogP contribution in [0.1, 0.15) is 5.82 Å². The summed E-state index contributed by atoms with van der Waals surface area (Å²) in [7, 11) is 0. The first-order valence-corrected chi connectivity index (χ1v) is 4.07. The van der Waals surface area contributed by atoms with E-state index in [1.54, 1.807) is 0 Å². The highest BCUT2D eigenvalue weighted by molar-refractivity contribution is 7.71. The second-order valence-electron chi connectivity index (χ2n) is 2.38. The zero-order chi connectivity index (χ0) is 8.72. The van der Waals surface area contributed by atoms with E-state index < -0.39 is 0 Å². The zero-order valence-electron chi connectivity index (χ0n) is 6.18. The molecule has 0 unspecified atom stereocenters. The Hall–Kier alpha value is -0.940. The van der Waals surface area contributed by atoms with Crippen LogP contribution in [0, 0.1) is 11.6 Å². The van der Waals surface area contributed by atoms with E-state index in [0.717, 1.165) is 11.3 Å². The molecule has 0 aliphatic heterocycles. The van der Waals surface area contributed by atoms with Gasteiger partial charge in [0, 0.05) is 0 Å². The third-order valence-electron chi connectivity index (χ3n) is 1.46. The Morgan fingerprint density at radius 3 is 2.83 bits per heavy atom. The molecule has 0 aliphatic carbocycles. The number of aromatic amines is 2. The summed E-state index contributed by atoms with van der Waals surface area (Å²) in [6.07, 6.45) is 0. The maximum atomic E-state index is 5.65. The number of fused-ring (bicyclic) bond motifs is 1. The molecule has 0 aliphatic rings. The first-order chi connectivity index (χ1) is 5.66. The number of rotatable bonds is 0. The van der Waals surface area contributed by atoms with Crippen LogP contribution in [0.3, 0.4) is 0 Å². The summed E-state index contributed by atoms with van der Waals surface area (Å²) in [6.45, 7) is 1.84. The largest absolute Gasteiger partial charge is 0.338 e. The molecule has 2 heterocycles. The summed E-state index contributed by atoms with van der Waals surface area (Å²) in [5, 5.41) is 0.263. The van der Waals surface area contributed by atoms with Gasteiger partial charge in [0.1, 0.15) is 11.3 Å². The highest BCUT2D eigenvalue weighted by Crippen LogP contribution is 2.11. The second-order valence-corrected chi connectivity index (χ2v) is 3.12. The molecule has 0 aromatic carbocycles. The molecule has 2 N–H and O–H groups in total. The van der Waals surface area contributed by atoms with E-state index in [2.05, 4.69) is 19.9 Å². The molecule has 0 saturated carbocycles. The number of halogens is 1. The molecule has 0 spiro atoms. The third-order valence-corrected chi connectivity index (χ3v) is 1.93. The van der Waals surface area contributed by atoms with Gasteiger partial charge in [-0.1, -0.05) is 12.2 Å². The predicted molar refractivity (Wildman–Crippen MR) is 48.8 cm³/mol. The normalized spacial score (nSPS) is 10.8. The number of hydrogen-bond acceptors (Lipinski definition) is 3. The standard InChI is InChI=1S/C6H5ClN4S/c1-2-8-3-4(9-2)10-6(7)11-5(3)12/h1H3,(H2,8,9,10,11,12). The van der Waals surface area contributed by atoms with Gasteiger partial charge in [-0.3, -0.25) is 0 Å². The molecule has 0 radical (unpaired) electrons. The van der Waals surface area contributed by atoms with Gasteiger partial charge in [0.2, 0.25) is 5.28 Å². The van der Waals surface area contributed by atoms with Crippen molar-refractivity contribution in [1.82, 2.24) is 19.9 Å². The van der Waals surface area contributed by atoms with E-state index in [-0.39, 0.29) is 5.28 Å². The van der Waals surface area contributed by atoms with Crippen LogP contribution in [-0.4, -0.2) is 19.9 Å². The molecule has 0 bridgehead atoms. The first kappa shape index (κ1) is 7.70. The Labute approximate surface area is 78.0 Å². The highest BCUT2D eigenvalue weighted by Gasteiger charge is 2.02. The predicted octanol–water partition coefficient (Wildman–Crippen LogP) is 1.98. The summed E-state index contributed by atoms with van der Waals surface area (Å²) in [5.74, 6) is 0.788. The average Bonchev–Trinajstić information content (AvgIpc) is 2.29. The van der Waals surface area contributed by atoms with Gasteiger partial charge in [-0.25, -0.2) is 9.97 Å². The number of nitrogens with one attached hydrogen (secondary N) is 2. The minimum Gasteiger partial charge on any atom is -0.338 e. The Morgan fingerprint density at radius 2 is 2.08 bits per heavy atom. The fraction of sp³-hybridized carbons (Fsp3) is 0.167. The molecule has 0 saturated heterocycles. The smallest absolute Gasteiger partial charge is 0.203 e. The van der Waals surface area contributed by atoms with Crippen LogP contribution in [0.5, 0.6) is 0 Å². The van der Waals surface area contributed by atoms with Crippen molar-refractivity contribution in [2.75, 3.05) is 0 Å². The van der Waals surface area contributed by atoms with Gasteiger partial charge < -0.3 is 9.97 Å². The molecule has 6 heteroatoms. The van der Waals surface area contributed by atoms with Crippen LogP contribution in [0.15, 0.2) is 0 Å². The fourth-order valence-corrected chi connectivity index (χ4v) is 1.47. The number of imidazole rings is 1. The Kier molecular flexibility index (Phi) is 1.62. The molecule has 2 aromatic heterocycles. The average molecular weight is 201 g/mol. The quantitative estimate of drug-likeness (QED) is 0.505. The van der Waals surface area contributed by atoms with Crippen molar-refractivity contribution in [3.8, 4) is 0 Å². The number of aromatic nitrogens is 4. The lowest BCUT2D eigenvalue weighted by Crippen LogP contribution is -1.84. The Bertz CT molecular complexity index is 486. The third kappa shape index (κ3) is 1.11. The maximum Gasteiger partial charge on any atom is 0.203 e. The Morgan fingerprint density at radius 1 is 1.33 bits per heavy atom. The van der Waals surface area contributed by atoms with Crippen LogP contribution in [-0.2, 0) is 0 Å². The lowest BCUT2D eigenvalue weighted by atomic mass is 10.6. The number of nitrogens with zero attached hydrogens (tertiary/aromatic N) is 2. The van der Waals surface area contributed by atoms with Gasteiger partial charge >= 0.3 is 0 Å². The first-order valence-electron chi connectivity index (χ1n) is 3.29. The topological polar surface area (TPSA) is 57.4 Å². The van der Waals surface area contributed by atoms with Crippen LogP contribution in [0.25, 0.3) is 11.2 Å². The molecule has 62 valence electrons. The summed E-state index contributed by atoms with van der Waals surface area (Å²) in [4.78, 5) is 13.8. The van der Waals surface area contributed by atoms with Crippen LogP contribution < -0.4 is 0 Å². The van der Waals surface area contributed by atoms with Gasteiger partial charge in [-0.05, 0) is 18.5 Å². The van der Waals surface area contributed by atoms with E-state index in [1.807, 2.05) is 6.92 Å². The minimum atomic E-state index is 0.263. The van der Waals surface area contributed by atoms with Gasteiger partial charge in [0.25, 0.3) is 0 Å². The molecule has 4 nitrogen and oxygen atoms in total. The number of H-pyrrole nitrogens is 2. The molecule has 0 fully saturated rings. The lowest BCUT2D eigenvalue weighted by molar-refractivity contribution is 1.16.